The minimum atomic E-state index is 0.948. The Bertz CT molecular complexity index is 758. The Morgan fingerprint density at radius 2 is 1.50 bits per heavy atom. The van der Waals surface area contributed by atoms with Crippen molar-refractivity contribution in [1.82, 2.24) is 9.97 Å². The number of hydrogen-bond acceptors (Lipinski definition) is 2. The zero-order valence-electron chi connectivity index (χ0n) is 11.0. The third-order valence-corrected chi connectivity index (χ3v) is 2.95. The molecule has 0 unspecified atom stereocenters. The topological polar surface area (TPSA) is 25.8 Å². The first-order valence-corrected chi connectivity index (χ1v) is 6.53. The number of para-hydroxylation sites is 1. The predicted octanol–water partition coefficient (Wildman–Crippen LogP) is 4.36. The standard InChI is InChI=1S/C18H14N2/c1-4-11-18-15(7-1)12-13-17(20-18)10-3-2-8-16-9-5-6-14-19-16/h1-14H/b8-2+,10-3+. The number of fused-ring (bicyclic) bond motifs is 1. The quantitative estimate of drug-likeness (QED) is 0.652. The normalized spacial score (nSPS) is 11.6. The van der Waals surface area contributed by atoms with E-state index in [9.17, 15) is 0 Å². The van der Waals surface area contributed by atoms with Crippen molar-refractivity contribution in [3.05, 3.63) is 84.3 Å². The lowest BCUT2D eigenvalue weighted by Gasteiger charge is -1.97. The van der Waals surface area contributed by atoms with Crippen LogP contribution in [0.4, 0.5) is 0 Å². The van der Waals surface area contributed by atoms with E-state index in [0.29, 0.717) is 0 Å². The van der Waals surface area contributed by atoms with Crippen LogP contribution in [0.5, 0.6) is 0 Å². The minimum Gasteiger partial charge on any atom is -0.257 e. The number of hydrogen-bond donors (Lipinski definition) is 0. The fraction of sp³-hybridized carbons (Fsp3) is 0. The van der Waals surface area contributed by atoms with Gasteiger partial charge >= 0.3 is 0 Å². The van der Waals surface area contributed by atoms with Crippen molar-refractivity contribution in [3.8, 4) is 0 Å². The van der Waals surface area contributed by atoms with E-state index in [4.69, 9.17) is 0 Å². The van der Waals surface area contributed by atoms with Gasteiger partial charge in [-0.2, -0.15) is 0 Å². The first-order valence-electron chi connectivity index (χ1n) is 6.53. The number of allylic oxidation sites excluding steroid dienone is 2. The third-order valence-electron chi connectivity index (χ3n) is 2.95. The van der Waals surface area contributed by atoms with E-state index in [2.05, 4.69) is 22.1 Å². The molecule has 2 nitrogen and oxygen atoms in total. The average Bonchev–Trinajstić information content (AvgIpc) is 2.52. The maximum atomic E-state index is 4.58. The molecule has 2 heterocycles. The first kappa shape index (κ1) is 12.3. The van der Waals surface area contributed by atoms with Gasteiger partial charge in [0.05, 0.1) is 16.9 Å². The van der Waals surface area contributed by atoms with Crippen LogP contribution in [0, 0.1) is 0 Å². The van der Waals surface area contributed by atoms with E-state index >= 15 is 0 Å². The summed E-state index contributed by atoms with van der Waals surface area (Å²) in [6, 6.07) is 18.1. The van der Waals surface area contributed by atoms with Gasteiger partial charge in [0.25, 0.3) is 0 Å². The second-order valence-corrected chi connectivity index (χ2v) is 4.40. The van der Waals surface area contributed by atoms with Crippen molar-refractivity contribution in [1.29, 1.82) is 0 Å². The summed E-state index contributed by atoms with van der Waals surface area (Å²) in [5.41, 5.74) is 2.92. The lowest BCUT2D eigenvalue weighted by Crippen LogP contribution is -1.82. The highest BCUT2D eigenvalue weighted by molar-refractivity contribution is 5.79. The second kappa shape index (κ2) is 5.93. The highest BCUT2D eigenvalue weighted by atomic mass is 14.7. The van der Waals surface area contributed by atoms with E-state index in [1.54, 1.807) is 6.20 Å². The maximum Gasteiger partial charge on any atom is 0.0709 e. The molecule has 20 heavy (non-hydrogen) atoms. The van der Waals surface area contributed by atoms with Gasteiger partial charge in [-0.05, 0) is 36.4 Å². The fourth-order valence-corrected chi connectivity index (χ4v) is 1.96. The van der Waals surface area contributed by atoms with Gasteiger partial charge in [0.15, 0.2) is 0 Å². The molecule has 1 aromatic carbocycles. The SMILES string of the molecule is C(/C=C/c1ccc2ccccc2n1)=C\c1ccccn1. The Morgan fingerprint density at radius 3 is 2.35 bits per heavy atom. The van der Waals surface area contributed by atoms with Crippen LogP contribution in [0.3, 0.4) is 0 Å². The molecule has 0 aliphatic carbocycles. The van der Waals surface area contributed by atoms with Crippen molar-refractivity contribution < 1.29 is 0 Å². The van der Waals surface area contributed by atoms with Gasteiger partial charge in [0.2, 0.25) is 0 Å². The molecule has 0 saturated heterocycles. The van der Waals surface area contributed by atoms with Crippen molar-refractivity contribution >= 4 is 23.1 Å². The molecule has 3 aromatic rings. The van der Waals surface area contributed by atoms with Gasteiger partial charge in [0, 0.05) is 11.6 Å². The first-order chi connectivity index (χ1) is 9.92. The molecule has 0 amide bonds. The summed E-state index contributed by atoms with van der Waals surface area (Å²) in [6.07, 6.45) is 9.70. The van der Waals surface area contributed by atoms with Crippen LogP contribution in [-0.2, 0) is 0 Å². The van der Waals surface area contributed by atoms with Crippen molar-refractivity contribution in [2.24, 2.45) is 0 Å². The molecule has 0 N–H and O–H groups in total. The summed E-state index contributed by atoms with van der Waals surface area (Å²) in [4.78, 5) is 8.81. The summed E-state index contributed by atoms with van der Waals surface area (Å²) < 4.78 is 0. The summed E-state index contributed by atoms with van der Waals surface area (Å²) in [5, 5.41) is 1.16. The monoisotopic (exact) mass is 258 g/mol. The number of nitrogens with zero attached hydrogens (tertiary/aromatic N) is 2. The van der Waals surface area contributed by atoms with Crippen LogP contribution >= 0.6 is 0 Å². The minimum absolute atomic E-state index is 0.948. The van der Waals surface area contributed by atoms with Crippen LogP contribution in [0.1, 0.15) is 11.4 Å². The molecule has 2 heteroatoms. The molecular formula is C18H14N2. The van der Waals surface area contributed by atoms with Gasteiger partial charge in [-0.25, -0.2) is 4.98 Å². The summed E-state index contributed by atoms with van der Waals surface area (Å²) in [7, 11) is 0. The van der Waals surface area contributed by atoms with Crippen LogP contribution in [0.15, 0.2) is 72.9 Å². The molecular weight excluding hydrogens is 244 g/mol. The maximum absolute atomic E-state index is 4.58. The van der Waals surface area contributed by atoms with Crippen LogP contribution in [-0.4, -0.2) is 9.97 Å². The Balaban J connectivity index is 1.76. The molecule has 96 valence electrons. The van der Waals surface area contributed by atoms with Crippen LogP contribution in [0.25, 0.3) is 23.1 Å². The molecule has 0 aliphatic heterocycles. The van der Waals surface area contributed by atoms with Crippen LogP contribution in [0.2, 0.25) is 0 Å². The molecule has 0 spiro atoms. The molecule has 0 saturated carbocycles. The molecule has 0 fully saturated rings. The van der Waals surface area contributed by atoms with Crippen LogP contribution < -0.4 is 0 Å². The lowest BCUT2D eigenvalue weighted by atomic mass is 10.2. The summed E-state index contributed by atoms with van der Waals surface area (Å²) in [6.45, 7) is 0. The average molecular weight is 258 g/mol. The fourth-order valence-electron chi connectivity index (χ4n) is 1.96. The van der Waals surface area contributed by atoms with E-state index in [1.165, 1.54) is 0 Å². The molecule has 0 bridgehead atoms. The molecule has 2 aromatic heterocycles. The van der Waals surface area contributed by atoms with Gasteiger partial charge in [-0.1, -0.05) is 42.5 Å². The molecule has 0 atom stereocenters. The molecule has 0 aliphatic rings. The van der Waals surface area contributed by atoms with Crippen molar-refractivity contribution in [2.45, 2.75) is 0 Å². The number of benzene rings is 1. The Labute approximate surface area is 118 Å². The second-order valence-electron chi connectivity index (χ2n) is 4.40. The highest BCUT2D eigenvalue weighted by Crippen LogP contribution is 2.12. The highest BCUT2D eigenvalue weighted by Gasteiger charge is 1.93. The van der Waals surface area contributed by atoms with Gasteiger partial charge in [-0.3, -0.25) is 4.98 Å². The number of rotatable bonds is 3. The molecule has 0 radical (unpaired) electrons. The van der Waals surface area contributed by atoms with E-state index in [1.807, 2.05) is 66.8 Å². The Morgan fingerprint density at radius 1 is 0.700 bits per heavy atom. The Hall–Kier alpha value is -2.74. The molecule has 3 rings (SSSR count). The third kappa shape index (κ3) is 2.98. The lowest BCUT2D eigenvalue weighted by molar-refractivity contribution is 1.30. The predicted molar refractivity (Wildman–Crippen MR) is 84.0 cm³/mol. The largest absolute Gasteiger partial charge is 0.257 e. The van der Waals surface area contributed by atoms with Gasteiger partial charge < -0.3 is 0 Å². The zero-order valence-corrected chi connectivity index (χ0v) is 11.0. The van der Waals surface area contributed by atoms with Gasteiger partial charge in [0.1, 0.15) is 0 Å². The Kier molecular flexibility index (Phi) is 3.65. The van der Waals surface area contributed by atoms with Gasteiger partial charge in [-0.15, -0.1) is 0 Å². The number of aromatic nitrogens is 2. The smallest absolute Gasteiger partial charge is 0.0709 e. The number of pyridine rings is 2. The summed E-state index contributed by atoms with van der Waals surface area (Å²) in [5.74, 6) is 0. The van der Waals surface area contributed by atoms with E-state index < -0.39 is 0 Å². The van der Waals surface area contributed by atoms with Crippen molar-refractivity contribution in [2.75, 3.05) is 0 Å². The van der Waals surface area contributed by atoms with E-state index in [0.717, 1.165) is 22.3 Å². The van der Waals surface area contributed by atoms with Crippen molar-refractivity contribution in [3.63, 3.8) is 0 Å². The van der Waals surface area contributed by atoms with E-state index in [-0.39, 0.29) is 0 Å². The zero-order chi connectivity index (χ0) is 13.6. The summed E-state index contributed by atoms with van der Waals surface area (Å²) >= 11 is 0.